The highest BCUT2D eigenvalue weighted by Gasteiger charge is 2.35. The maximum atomic E-state index is 5.19. The van der Waals surface area contributed by atoms with Gasteiger partial charge < -0.3 is 0 Å². The minimum absolute atomic E-state index is 0.123. The Balaban J connectivity index is 1.33. The molecule has 1 aliphatic carbocycles. The maximum Gasteiger partial charge on any atom is 0.238 e. The van der Waals surface area contributed by atoms with Gasteiger partial charge in [-0.3, -0.25) is 4.57 Å². The van der Waals surface area contributed by atoms with Gasteiger partial charge in [0.1, 0.15) is 0 Å². The van der Waals surface area contributed by atoms with Crippen molar-refractivity contribution in [2.45, 2.75) is 19.3 Å². The van der Waals surface area contributed by atoms with Gasteiger partial charge in [0.25, 0.3) is 0 Å². The highest BCUT2D eigenvalue weighted by molar-refractivity contribution is 7.17. The van der Waals surface area contributed by atoms with E-state index in [-0.39, 0.29) is 5.41 Å². The Morgan fingerprint density at radius 3 is 2.09 bits per heavy atom. The molecule has 1 aliphatic rings. The molecule has 0 fully saturated rings. The Kier molecular flexibility index (Phi) is 5.05. The lowest BCUT2D eigenvalue weighted by Gasteiger charge is -2.21. The van der Waals surface area contributed by atoms with Gasteiger partial charge in [0, 0.05) is 27.3 Å². The molecule has 0 amide bonds. The molecule has 0 atom stereocenters. The van der Waals surface area contributed by atoms with E-state index >= 15 is 0 Å². The quantitative estimate of drug-likeness (QED) is 0.212. The molecule has 0 saturated heterocycles. The van der Waals surface area contributed by atoms with E-state index < -0.39 is 0 Å². The van der Waals surface area contributed by atoms with Crippen LogP contribution in [0, 0.1) is 0 Å². The van der Waals surface area contributed by atoms with Gasteiger partial charge >= 0.3 is 0 Å². The predicted octanol–water partition coefficient (Wildman–Crippen LogP) is 9.22. The summed E-state index contributed by atoms with van der Waals surface area (Å²) in [6, 6.07) is 38.4. The molecule has 3 aromatic heterocycles. The molecule has 0 bridgehead atoms. The lowest BCUT2D eigenvalue weighted by molar-refractivity contribution is 0.660. The first-order valence-electron chi connectivity index (χ1n) is 14.4. The number of benzene rings is 5. The average Bonchev–Trinajstić information content (AvgIpc) is 3.73. The van der Waals surface area contributed by atoms with Crippen LogP contribution in [-0.2, 0) is 5.41 Å². The summed E-state index contributed by atoms with van der Waals surface area (Å²) in [7, 11) is 0. The summed E-state index contributed by atoms with van der Waals surface area (Å²) < 4.78 is 3.23. The van der Waals surface area contributed by atoms with Crippen molar-refractivity contribution in [1.29, 1.82) is 0 Å². The van der Waals surface area contributed by atoms with Crippen molar-refractivity contribution in [2.24, 2.45) is 0 Å². The summed E-state index contributed by atoms with van der Waals surface area (Å²) in [5.74, 6) is 1.89. The highest BCUT2D eigenvalue weighted by atomic mass is 32.1. The zero-order valence-electron chi connectivity index (χ0n) is 23.6. The zero-order chi connectivity index (χ0) is 28.7. The Morgan fingerprint density at radius 2 is 1.28 bits per heavy atom. The number of rotatable bonds is 3. The van der Waals surface area contributed by atoms with Gasteiger partial charge in [0.05, 0.1) is 26.8 Å². The van der Waals surface area contributed by atoms with E-state index in [1.807, 2.05) is 17.6 Å². The molecule has 5 nitrogen and oxygen atoms in total. The molecule has 0 radical (unpaired) electrons. The van der Waals surface area contributed by atoms with Crippen molar-refractivity contribution in [3.63, 3.8) is 0 Å². The van der Waals surface area contributed by atoms with E-state index in [0.717, 1.165) is 32.4 Å². The molecule has 0 N–H and O–H groups in total. The monoisotopic (exact) mass is 571 g/mol. The lowest BCUT2D eigenvalue weighted by Crippen LogP contribution is -2.15. The van der Waals surface area contributed by atoms with E-state index in [1.54, 1.807) is 11.3 Å². The van der Waals surface area contributed by atoms with Gasteiger partial charge in [-0.15, -0.1) is 11.3 Å². The van der Waals surface area contributed by atoms with E-state index in [1.165, 1.54) is 33.0 Å². The summed E-state index contributed by atoms with van der Waals surface area (Å²) in [5, 5.41) is 2.34. The van der Waals surface area contributed by atoms with Gasteiger partial charge in [0.15, 0.2) is 11.6 Å². The van der Waals surface area contributed by atoms with Crippen molar-refractivity contribution in [3.8, 4) is 39.9 Å². The minimum Gasteiger partial charge on any atom is -0.278 e. The number of fused-ring (bicyclic) bond motifs is 7. The van der Waals surface area contributed by atoms with Crippen molar-refractivity contribution < 1.29 is 0 Å². The van der Waals surface area contributed by atoms with Crippen LogP contribution < -0.4 is 0 Å². The fourth-order valence-electron chi connectivity index (χ4n) is 6.76. The molecular formula is C37H25N5S. The highest BCUT2D eigenvalue weighted by Crippen LogP contribution is 2.49. The number of hydrogen-bond acceptors (Lipinski definition) is 5. The molecule has 204 valence electrons. The van der Waals surface area contributed by atoms with Crippen molar-refractivity contribution in [2.75, 3.05) is 0 Å². The molecular weight excluding hydrogens is 547 g/mol. The summed E-state index contributed by atoms with van der Waals surface area (Å²) in [5.41, 5.74) is 12.0. The predicted molar refractivity (Wildman–Crippen MR) is 176 cm³/mol. The third-order valence-corrected chi connectivity index (χ3v) is 9.72. The van der Waals surface area contributed by atoms with E-state index in [2.05, 4.69) is 120 Å². The Labute approximate surface area is 252 Å². The van der Waals surface area contributed by atoms with Crippen LogP contribution in [0.2, 0.25) is 0 Å². The van der Waals surface area contributed by atoms with E-state index in [9.17, 15) is 0 Å². The molecule has 0 saturated carbocycles. The lowest BCUT2D eigenvalue weighted by atomic mass is 9.82. The van der Waals surface area contributed by atoms with Gasteiger partial charge in [0.2, 0.25) is 5.95 Å². The normalized spacial score (nSPS) is 13.5. The van der Waals surface area contributed by atoms with E-state index in [0.29, 0.717) is 17.6 Å². The van der Waals surface area contributed by atoms with Crippen LogP contribution in [0.15, 0.2) is 115 Å². The molecule has 5 aromatic carbocycles. The second-order valence-corrected chi connectivity index (χ2v) is 12.4. The number of thiazole rings is 1. The largest absolute Gasteiger partial charge is 0.278 e. The third-order valence-electron chi connectivity index (χ3n) is 8.84. The first kappa shape index (κ1) is 24.4. The second-order valence-electron chi connectivity index (χ2n) is 11.6. The standard InChI is InChI=1S/C37H25N5S/c1-37(2)28-14-6-3-10-23(28)24-19-18-22(20-29(24)37)34-39-35(27-13-9-15-30-33(27)43-21-38-30)41-36(40-34)42-31-16-7-4-11-25(31)26-12-5-8-17-32(26)42/h3-21H,1-2H3. The Bertz CT molecular complexity index is 2340. The maximum absolute atomic E-state index is 5.19. The second kappa shape index (κ2) is 8.90. The van der Waals surface area contributed by atoms with Gasteiger partial charge in [-0.05, 0) is 52.6 Å². The third kappa shape index (κ3) is 3.50. The first-order chi connectivity index (χ1) is 21.1. The van der Waals surface area contributed by atoms with Crippen molar-refractivity contribution >= 4 is 43.4 Å². The molecule has 6 heteroatoms. The molecule has 0 unspecified atom stereocenters. The van der Waals surface area contributed by atoms with Crippen LogP contribution in [0.3, 0.4) is 0 Å². The van der Waals surface area contributed by atoms with Crippen molar-refractivity contribution in [3.05, 3.63) is 126 Å². The summed E-state index contributed by atoms with van der Waals surface area (Å²) >= 11 is 1.61. The Hall–Kier alpha value is -5.20. The van der Waals surface area contributed by atoms with Crippen LogP contribution in [0.4, 0.5) is 0 Å². The summed E-state index contributed by atoms with van der Waals surface area (Å²) in [6.07, 6.45) is 0. The van der Waals surface area contributed by atoms with Crippen LogP contribution in [0.25, 0.3) is 71.9 Å². The molecule has 3 heterocycles. The Morgan fingerprint density at radius 1 is 0.605 bits per heavy atom. The van der Waals surface area contributed by atoms with Gasteiger partial charge in [-0.25, -0.2) is 9.97 Å². The average molecular weight is 572 g/mol. The smallest absolute Gasteiger partial charge is 0.238 e. The van der Waals surface area contributed by atoms with Gasteiger partial charge in [-0.2, -0.15) is 9.97 Å². The molecule has 8 aromatic rings. The first-order valence-corrected chi connectivity index (χ1v) is 15.3. The molecule has 43 heavy (non-hydrogen) atoms. The molecule has 0 spiro atoms. The van der Waals surface area contributed by atoms with Crippen molar-refractivity contribution in [1.82, 2.24) is 24.5 Å². The summed E-state index contributed by atoms with van der Waals surface area (Å²) in [6.45, 7) is 4.60. The van der Waals surface area contributed by atoms with E-state index in [4.69, 9.17) is 15.0 Å². The summed E-state index contributed by atoms with van der Waals surface area (Å²) in [4.78, 5) is 20.0. The zero-order valence-corrected chi connectivity index (χ0v) is 24.4. The van der Waals surface area contributed by atoms with Crippen LogP contribution in [0.5, 0.6) is 0 Å². The van der Waals surface area contributed by atoms with Crippen LogP contribution >= 0.6 is 11.3 Å². The number of nitrogens with zero attached hydrogens (tertiary/aromatic N) is 5. The fraction of sp³-hybridized carbons (Fsp3) is 0.0811. The SMILES string of the molecule is CC1(C)c2ccccc2-c2ccc(-c3nc(-c4cccc5ncsc45)nc(-n4c5ccccc5c5ccccc54)n3)cc21. The molecule has 0 aliphatic heterocycles. The fourth-order valence-corrected chi connectivity index (χ4v) is 7.56. The molecule has 9 rings (SSSR count). The van der Waals surface area contributed by atoms with Crippen LogP contribution in [-0.4, -0.2) is 24.5 Å². The van der Waals surface area contributed by atoms with Gasteiger partial charge in [-0.1, -0.05) is 92.7 Å². The number of aromatic nitrogens is 5. The topological polar surface area (TPSA) is 56.5 Å². The number of para-hydroxylation sites is 2. The minimum atomic E-state index is -0.123. The number of hydrogen-bond donors (Lipinski definition) is 0. The van der Waals surface area contributed by atoms with Crippen LogP contribution in [0.1, 0.15) is 25.0 Å².